The third kappa shape index (κ3) is 6.74. The maximum absolute atomic E-state index is 11.8. The summed E-state index contributed by atoms with van der Waals surface area (Å²) >= 11 is 0. The molecule has 0 aromatic rings. The first kappa shape index (κ1) is 20.9. The van der Waals surface area contributed by atoms with Crippen LogP contribution in [-0.2, 0) is 19.0 Å². The molecule has 0 radical (unpaired) electrons. The molecule has 1 amide bonds. The van der Waals surface area contributed by atoms with Gasteiger partial charge in [-0.15, -0.1) is 0 Å². The number of hydrogen-bond donors (Lipinski definition) is 2. The van der Waals surface area contributed by atoms with Crippen molar-refractivity contribution in [2.24, 2.45) is 4.99 Å². The smallest absolute Gasteiger partial charge is 0.243 e. The Balaban J connectivity index is 1.83. The number of hydrogen-bond acceptors (Lipinski definition) is 5. The lowest BCUT2D eigenvalue weighted by Crippen LogP contribution is -2.44. The fraction of sp³-hybridized carbons (Fsp3) is 0.889. The number of rotatable bonds is 7. The molecule has 8 heteroatoms. The van der Waals surface area contributed by atoms with Crippen LogP contribution < -0.4 is 10.6 Å². The van der Waals surface area contributed by atoms with E-state index in [2.05, 4.69) is 15.6 Å². The van der Waals surface area contributed by atoms with Crippen LogP contribution in [0.4, 0.5) is 0 Å². The Labute approximate surface area is 156 Å². The van der Waals surface area contributed by atoms with Gasteiger partial charge in [-0.05, 0) is 12.8 Å². The highest BCUT2D eigenvalue weighted by atomic mass is 16.7. The third-order valence-electron chi connectivity index (χ3n) is 4.75. The number of guanidine groups is 1. The first-order valence-electron chi connectivity index (χ1n) is 9.58. The van der Waals surface area contributed by atoms with Gasteiger partial charge in [0.25, 0.3) is 0 Å². The van der Waals surface area contributed by atoms with E-state index in [1.54, 1.807) is 21.2 Å². The van der Waals surface area contributed by atoms with Gasteiger partial charge in [0.05, 0.1) is 13.2 Å². The van der Waals surface area contributed by atoms with Crippen LogP contribution in [0.1, 0.15) is 38.5 Å². The first-order valence-corrected chi connectivity index (χ1v) is 9.58. The molecular weight excluding hydrogens is 336 g/mol. The van der Waals surface area contributed by atoms with Crippen LogP contribution in [0.3, 0.4) is 0 Å². The van der Waals surface area contributed by atoms with Crippen LogP contribution in [0, 0.1) is 0 Å². The van der Waals surface area contributed by atoms with Crippen LogP contribution in [0.15, 0.2) is 4.99 Å². The number of carbonyl (C=O) groups excluding carboxylic acids is 1. The second kappa shape index (κ2) is 10.7. The van der Waals surface area contributed by atoms with E-state index in [-0.39, 0.29) is 24.3 Å². The van der Waals surface area contributed by atoms with Gasteiger partial charge in [0, 0.05) is 47.1 Å². The molecule has 1 saturated carbocycles. The molecule has 2 rings (SSSR count). The molecular formula is C18H34N4O4. The maximum Gasteiger partial charge on any atom is 0.243 e. The van der Waals surface area contributed by atoms with E-state index in [0.29, 0.717) is 32.3 Å². The number of amides is 1. The lowest BCUT2D eigenvalue weighted by molar-refractivity contribution is -0.175. The van der Waals surface area contributed by atoms with E-state index in [4.69, 9.17) is 14.2 Å². The van der Waals surface area contributed by atoms with Crippen molar-refractivity contribution in [2.45, 2.75) is 50.4 Å². The van der Waals surface area contributed by atoms with Gasteiger partial charge in [-0.2, -0.15) is 0 Å². The highest BCUT2D eigenvalue weighted by Gasteiger charge is 2.41. The fourth-order valence-corrected chi connectivity index (χ4v) is 3.19. The Morgan fingerprint density at radius 3 is 2.62 bits per heavy atom. The molecule has 1 unspecified atom stereocenters. The van der Waals surface area contributed by atoms with E-state index < -0.39 is 0 Å². The minimum atomic E-state index is -0.384. The highest BCUT2D eigenvalue weighted by Crippen LogP contribution is 2.36. The van der Waals surface area contributed by atoms with Crippen molar-refractivity contribution in [1.29, 1.82) is 0 Å². The van der Waals surface area contributed by atoms with Crippen molar-refractivity contribution in [3.05, 3.63) is 0 Å². The highest BCUT2D eigenvalue weighted by molar-refractivity contribution is 5.84. The molecule has 2 N–H and O–H groups in total. The van der Waals surface area contributed by atoms with Crippen LogP contribution >= 0.6 is 0 Å². The number of ether oxygens (including phenoxy) is 3. The summed E-state index contributed by atoms with van der Waals surface area (Å²) in [6.45, 7) is 2.46. The Bertz CT molecular complexity index is 462. The fourth-order valence-electron chi connectivity index (χ4n) is 3.19. The summed E-state index contributed by atoms with van der Waals surface area (Å²) in [6.07, 6.45) is 6.81. The molecule has 2 aliphatic rings. The van der Waals surface area contributed by atoms with Gasteiger partial charge in [0.2, 0.25) is 5.91 Å². The first-order chi connectivity index (χ1) is 12.5. The number of aliphatic imine (C=N–C) groups is 1. The van der Waals surface area contributed by atoms with Crippen molar-refractivity contribution in [1.82, 2.24) is 15.5 Å². The molecule has 1 spiro atoms. The summed E-state index contributed by atoms with van der Waals surface area (Å²) in [5, 5.41) is 6.43. The minimum absolute atomic E-state index is 0.00734. The van der Waals surface area contributed by atoms with Gasteiger partial charge < -0.3 is 29.7 Å². The predicted molar refractivity (Wildman–Crippen MR) is 100 cm³/mol. The summed E-state index contributed by atoms with van der Waals surface area (Å²) in [5.41, 5.74) is 0. The second-order valence-electron chi connectivity index (χ2n) is 7.13. The van der Waals surface area contributed by atoms with Crippen LogP contribution in [-0.4, -0.2) is 82.7 Å². The van der Waals surface area contributed by atoms with E-state index in [0.717, 1.165) is 25.7 Å². The van der Waals surface area contributed by atoms with Gasteiger partial charge in [-0.25, -0.2) is 4.99 Å². The van der Waals surface area contributed by atoms with Gasteiger partial charge in [0.1, 0.15) is 12.6 Å². The van der Waals surface area contributed by atoms with E-state index in [1.807, 2.05) is 0 Å². The normalized spacial score (nSPS) is 22.9. The zero-order valence-electron chi connectivity index (χ0n) is 16.4. The number of carbonyl (C=O) groups is 1. The molecule has 1 heterocycles. The average Bonchev–Trinajstić information content (AvgIpc) is 2.87. The van der Waals surface area contributed by atoms with Crippen molar-refractivity contribution in [3.63, 3.8) is 0 Å². The Kier molecular flexibility index (Phi) is 8.61. The Morgan fingerprint density at radius 1 is 1.23 bits per heavy atom. The molecule has 150 valence electrons. The standard InChI is InChI=1S/C18H34N4O4/c1-22(2)16(23)13-21-17(19-10-11-24-3)20-12-15-14-25-18(26-15)8-6-4-5-7-9-18/h15H,4-14H2,1-3H3,(H2,19,20,21). The van der Waals surface area contributed by atoms with Crippen LogP contribution in [0.5, 0.6) is 0 Å². The Morgan fingerprint density at radius 2 is 1.96 bits per heavy atom. The number of methoxy groups -OCH3 is 1. The summed E-state index contributed by atoms with van der Waals surface area (Å²) in [5.74, 6) is 0.156. The van der Waals surface area contributed by atoms with Gasteiger partial charge in [-0.1, -0.05) is 12.8 Å². The summed E-state index contributed by atoms with van der Waals surface area (Å²) in [7, 11) is 5.09. The maximum atomic E-state index is 11.8. The van der Waals surface area contributed by atoms with Crippen molar-refractivity contribution in [2.75, 3.05) is 54.1 Å². The molecule has 8 nitrogen and oxygen atoms in total. The zero-order valence-corrected chi connectivity index (χ0v) is 16.4. The van der Waals surface area contributed by atoms with Gasteiger partial charge in [-0.3, -0.25) is 4.79 Å². The second-order valence-corrected chi connectivity index (χ2v) is 7.13. The number of nitrogens with zero attached hydrogens (tertiary/aromatic N) is 2. The topological polar surface area (TPSA) is 84.4 Å². The molecule has 26 heavy (non-hydrogen) atoms. The largest absolute Gasteiger partial charge is 0.383 e. The van der Waals surface area contributed by atoms with Gasteiger partial charge >= 0.3 is 0 Å². The monoisotopic (exact) mass is 370 g/mol. The molecule has 1 aliphatic carbocycles. The zero-order chi connectivity index (χ0) is 18.8. The van der Waals surface area contributed by atoms with E-state index in [1.165, 1.54) is 17.7 Å². The van der Waals surface area contributed by atoms with Crippen molar-refractivity contribution in [3.8, 4) is 0 Å². The molecule has 0 aromatic heterocycles. The molecule has 0 bridgehead atoms. The average molecular weight is 370 g/mol. The molecule has 0 aromatic carbocycles. The molecule has 1 aliphatic heterocycles. The molecule has 2 fully saturated rings. The minimum Gasteiger partial charge on any atom is -0.383 e. The lowest BCUT2D eigenvalue weighted by Gasteiger charge is -2.26. The van der Waals surface area contributed by atoms with Gasteiger partial charge in [0.15, 0.2) is 11.7 Å². The van der Waals surface area contributed by atoms with Crippen molar-refractivity contribution < 1.29 is 19.0 Å². The Hall–Kier alpha value is -1.38. The van der Waals surface area contributed by atoms with E-state index >= 15 is 0 Å². The summed E-state index contributed by atoms with van der Waals surface area (Å²) < 4.78 is 17.3. The molecule has 1 saturated heterocycles. The third-order valence-corrected chi connectivity index (χ3v) is 4.75. The summed E-state index contributed by atoms with van der Waals surface area (Å²) in [6, 6.07) is 0. The van der Waals surface area contributed by atoms with Crippen LogP contribution in [0.2, 0.25) is 0 Å². The quantitative estimate of drug-likeness (QED) is 0.390. The van der Waals surface area contributed by atoms with Crippen LogP contribution in [0.25, 0.3) is 0 Å². The van der Waals surface area contributed by atoms with E-state index in [9.17, 15) is 4.79 Å². The molecule has 1 atom stereocenters. The number of nitrogens with one attached hydrogen (secondary N) is 2. The lowest BCUT2D eigenvalue weighted by atomic mass is 10.1. The number of likely N-dealkylation sites (N-methyl/N-ethyl adjacent to an activating group) is 1. The summed E-state index contributed by atoms with van der Waals surface area (Å²) in [4.78, 5) is 17.6. The predicted octanol–water partition coefficient (Wildman–Crippen LogP) is 0.722. The SMILES string of the molecule is COCCNC(=NCC(=O)N(C)C)NCC1COC2(CCCCCC2)O1. The van der Waals surface area contributed by atoms with Crippen molar-refractivity contribution >= 4 is 11.9 Å².